The summed E-state index contributed by atoms with van der Waals surface area (Å²) in [5.41, 5.74) is 2.82. The molecule has 0 aromatic heterocycles. The summed E-state index contributed by atoms with van der Waals surface area (Å²) in [4.78, 5) is 14.1. The van der Waals surface area contributed by atoms with E-state index in [4.69, 9.17) is 0 Å². The van der Waals surface area contributed by atoms with Crippen molar-refractivity contribution >= 4 is 5.91 Å². The van der Waals surface area contributed by atoms with Crippen LogP contribution in [-0.2, 0) is 11.3 Å². The van der Waals surface area contributed by atoms with Crippen LogP contribution in [0.2, 0.25) is 0 Å². The molecule has 19 heavy (non-hydrogen) atoms. The van der Waals surface area contributed by atoms with E-state index in [1.54, 1.807) is 11.9 Å². The molecule has 3 heteroatoms. The monoisotopic (exact) mass is 256 g/mol. The van der Waals surface area contributed by atoms with Gasteiger partial charge >= 0.3 is 0 Å². The first-order chi connectivity index (χ1) is 8.98. The molecule has 100 valence electrons. The number of hydrogen-bond donors (Lipinski definition) is 0. The number of hydrogen-bond acceptors (Lipinski definition) is 2. The zero-order chi connectivity index (χ0) is 14.0. The lowest BCUT2D eigenvalue weighted by molar-refractivity contribution is -0.142. The molecule has 1 fully saturated rings. The molecule has 1 aromatic carbocycles. The molecular weight excluding hydrogens is 236 g/mol. The molecule has 1 saturated carbocycles. The molecule has 1 amide bonds. The number of rotatable bonds is 3. The molecular formula is C16H20N2O. The number of nitriles is 1. The van der Waals surface area contributed by atoms with Crippen molar-refractivity contribution in [2.24, 2.45) is 5.41 Å². The normalized spacial score (nSPS) is 16.3. The SMILES string of the molecule is Cc1ccc(CN(C)C(=O)C2(C#N)CCC2)c(C)c1. The summed E-state index contributed by atoms with van der Waals surface area (Å²) in [6, 6.07) is 8.46. The van der Waals surface area contributed by atoms with Gasteiger partial charge in [0.25, 0.3) is 0 Å². The van der Waals surface area contributed by atoms with Crippen LogP contribution < -0.4 is 0 Å². The zero-order valence-electron chi connectivity index (χ0n) is 11.9. The van der Waals surface area contributed by atoms with Gasteiger partial charge in [-0.3, -0.25) is 4.79 Å². The van der Waals surface area contributed by atoms with E-state index in [-0.39, 0.29) is 5.91 Å². The maximum atomic E-state index is 12.4. The molecule has 0 bridgehead atoms. The Morgan fingerprint density at radius 1 is 1.42 bits per heavy atom. The van der Waals surface area contributed by atoms with E-state index in [0.29, 0.717) is 19.4 Å². The van der Waals surface area contributed by atoms with Crippen molar-refractivity contribution in [3.8, 4) is 6.07 Å². The minimum absolute atomic E-state index is 0.0266. The Morgan fingerprint density at radius 2 is 2.11 bits per heavy atom. The first-order valence-corrected chi connectivity index (χ1v) is 6.71. The van der Waals surface area contributed by atoms with Crippen LogP contribution in [0.5, 0.6) is 0 Å². The van der Waals surface area contributed by atoms with Gasteiger partial charge in [0.05, 0.1) is 6.07 Å². The lowest BCUT2D eigenvalue weighted by atomic mass is 9.69. The Hall–Kier alpha value is -1.82. The number of aryl methyl sites for hydroxylation is 2. The minimum atomic E-state index is -0.743. The van der Waals surface area contributed by atoms with Crippen LogP contribution in [0, 0.1) is 30.6 Å². The molecule has 0 radical (unpaired) electrons. The largest absolute Gasteiger partial charge is 0.340 e. The molecule has 1 aliphatic rings. The number of benzene rings is 1. The standard InChI is InChI=1S/C16H20N2O/c1-12-5-6-14(13(2)9-12)10-18(3)15(19)16(11-17)7-4-8-16/h5-6,9H,4,7-8,10H2,1-3H3. The minimum Gasteiger partial charge on any atom is -0.340 e. The van der Waals surface area contributed by atoms with Crippen molar-refractivity contribution in [3.05, 3.63) is 34.9 Å². The van der Waals surface area contributed by atoms with Crippen LogP contribution in [0.25, 0.3) is 0 Å². The smallest absolute Gasteiger partial charge is 0.243 e. The molecule has 0 aliphatic heterocycles. The highest BCUT2D eigenvalue weighted by atomic mass is 16.2. The lowest BCUT2D eigenvalue weighted by Crippen LogP contribution is -2.45. The Bertz CT molecular complexity index is 538. The molecule has 3 nitrogen and oxygen atoms in total. The second-order valence-electron chi connectivity index (χ2n) is 5.64. The maximum absolute atomic E-state index is 12.4. The number of nitrogens with zero attached hydrogens (tertiary/aromatic N) is 2. The van der Waals surface area contributed by atoms with Crippen LogP contribution >= 0.6 is 0 Å². The lowest BCUT2D eigenvalue weighted by Gasteiger charge is -2.36. The van der Waals surface area contributed by atoms with Gasteiger partial charge < -0.3 is 4.90 Å². The Kier molecular flexibility index (Phi) is 3.61. The van der Waals surface area contributed by atoms with Crippen molar-refractivity contribution in [1.82, 2.24) is 4.90 Å². The average Bonchev–Trinajstić information content (AvgIpc) is 2.32. The topological polar surface area (TPSA) is 44.1 Å². The summed E-state index contributed by atoms with van der Waals surface area (Å²) >= 11 is 0. The van der Waals surface area contributed by atoms with Gasteiger partial charge in [-0.15, -0.1) is 0 Å². The van der Waals surface area contributed by atoms with Gasteiger partial charge in [0, 0.05) is 13.6 Å². The van der Waals surface area contributed by atoms with Gasteiger partial charge in [-0.1, -0.05) is 23.8 Å². The summed E-state index contributed by atoms with van der Waals surface area (Å²) < 4.78 is 0. The van der Waals surface area contributed by atoms with Crippen molar-refractivity contribution in [2.45, 2.75) is 39.7 Å². The third-order valence-electron chi connectivity index (χ3n) is 4.08. The van der Waals surface area contributed by atoms with Gasteiger partial charge in [0.1, 0.15) is 5.41 Å². The van der Waals surface area contributed by atoms with E-state index >= 15 is 0 Å². The second-order valence-corrected chi connectivity index (χ2v) is 5.64. The fraction of sp³-hybridized carbons (Fsp3) is 0.500. The average molecular weight is 256 g/mol. The first-order valence-electron chi connectivity index (χ1n) is 6.71. The third-order valence-corrected chi connectivity index (χ3v) is 4.08. The van der Waals surface area contributed by atoms with E-state index in [2.05, 4.69) is 38.1 Å². The van der Waals surface area contributed by atoms with E-state index in [1.165, 1.54) is 11.1 Å². The summed E-state index contributed by atoms with van der Waals surface area (Å²) in [7, 11) is 1.79. The van der Waals surface area contributed by atoms with E-state index in [0.717, 1.165) is 12.0 Å². The van der Waals surface area contributed by atoms with Crippen molar-refractivity contribution in [3.63, 3.8) is 0 Å². The molecule has 0 spiro atoms. The number of carbonyl (C=O) groups excluding carboxylic acids is 1. The van der Waals surface area contributed by atoms with E-state index in [9.17, 15) is 10.1 Å². The van der Waals surface area contributed by atoms with Crippen LogP contribution in [-0.4, -0.2) is 17.9 Å². The van der Waals surface area contributed by atoms with Crippen LogP contribution in [0.1, 0.15) is 36.0 Å². The van der Waals surface area contributed by atoms with Crippen LogP contribution in [0.4, 0.5) is 0 Å². The maximum Gasteiger partial charge on any atom is 0.243 e. The van der Waals surface area contributed by atoms with E-state index in [1.807, 2.05) is 0 Å². The van der Waals surface area contributed by atoms with Gasteiger partial charge in [-0.2, -0.15) is 5.26 Å². The van der Waals surface area contributed by atoms with Gasteiger partial charge in [0.15, 0.2) is 0 Å². The predicted octanol–water partition coefficient (Wildman–Crippen LogP) is 2.96. The first kappa shape index (κ1) is 13.6. The highest BCUT2D eigenvalue weighted by molar-refractivity contribution is 5.86. The molecule has 0 unspecified atom stereocenters. The summed E-state index contributed by atoms with van der Waals surface area (Å²) in [5.74, 6) is -0.0266. The fourth-order valence-electron chi connectivity index (χ4n) is 2.62. The Labute approximate surface area is 114 Å². The van der Waals surface area contributed by atoms with Crippen LogP contribution in [0.15, 0.2) is 18.2 Å². The molecule has 0 atom stereocenters. The molecule has 0 saturated heterocycles. The fourth-order valence-corrected chi connectivity index (χ4v) is 2.62. The Balaban J connectivity index is 2.11. The van der Waals surface area contributed by atoms with Gasteiger partial charge in [-0.05, 0) is 44.2 Å². The highest BCUT2D eigenvalue weighted by Crippen LogP contribution is 2.41. The molecule has 0 heterocycles. The van der Waals surface area contributed by atoms with Crippen LogP contribution in [0.3, 0.4) is 0 Å². The predicted molar refractivity (Wildman–Crippen MR) is 74.3 cm³/mol. The highest BCUT2D eigenvalue weighted by Gasteiger charge is 2.46. The number of carbonyl (C=O) groups is 1. The molecule has 1 aromatic rings. The summed E-state index contributed by atoms with van der Waals surface area (Å²) in [6.07, 6.45) is 2.40. The molecule has 2 rings (SSSR count). The van der Waals surface area contributed by atoms with E-state index < -0.39 is 5.41 Å². The molecule has 0 N–H and O–H groups in total. The molecule has 1 aliphatic carbocycles. The zero-order valence-corrected chi connectivity index (χ0v) is 11.9. The van der Waals surface area contributed by atoms with Crippen molar-refractivity contribution < 1.29 is 4.79 Å². The Morgan fingerprint density at radius 3 is 2.58 bits per heavy atom. The quantitative estimate of drug-likeness (QED) is 0.834. The number of amides is 1. The van der Waals surface area contributed by atoms with Gasteiger partial charge in [0.2, 0.25) is 5.91 Å². The summed E-state index contributed by atoms with van der Waals surface area (Å²) in [6.45, 7) is 4.70. The van der Waals surface area contributed by atoms with Crippen molar-refractivity contribution in [1.29, 1.82) is 5.26 Å². The third kappa shape index (κ3) is 2.49. The summed E-state index contributed by atoms with van der Waals surface area (Å²) in [5, 5.41) is 9.22. The second kappa shape index (κ2) is 5.05. The van der Waals surface area contributed by atoms with Gasteiger partial charge in [-0.25, -0.2) is 0 Å². The van der Waals surface area contributed by atoms with Crippen molar-refractivity contribution in [2.75, 3.05) is 7.05 Å².